The number of hydrogen-bond acceptors (Lipinski definition) is 12. The third kappa shape index (κ3) is 8.51. The number of rotatable bonds is 12. The van der Waals surface area contributed by atoms with Crippen molar-refractivity contribution in [2.24, 2.45) is 47.3 Å². The third-order valence-corrected chi connectivity index (χ3v) is 15.8. The fourth-order valence-corrected chi connectivity index (χ4v) is 14.0. The number of hydrogen-bond donors (Lipinski definition) is 2. The zero-order valence-electron chi connectivity index (χ0n) is 33.7. The predicted molar refractivity (Wildman–Crippen MR) is 188 cm³/mol. The molecule has 2 saturated heterocycles. The maximum atomic E-state index is 11.9. The van der Waals surface area contributed by atoms with Gasteiger partial charge in [-0.15, -0.1) is 0 Å². The van der Waals surface area contributed by atoms with Gasteiger partial charge in [-0.05, 0) is 142 Å². The second kappa shape index (κ2) is 18.6. The van der Waals surface area contributed by atoms with Gasteiger partial charge in [0.1, 0.15) is 13.6 Å². The standard InChI is InChI=1S/C37H44Cl2O14P2.4Na/c38-30-4-2-24(18-32(30)48-54(40,41)42)36(34(50-52-36)26-10-20-8-21(12-26)13-27(34)11-20)46-6-1-7-47-37(25-3-5-31(39)33(19-25)49-55(43,44)45)35(51-53-37)28-14-22-9-23(16-28)17-29(35)15-22;;;;/h2-5,18-23,26-29H,1,6-17H2,(H2,40,41,42)(H2,43,44,45);;;;/q;4*+1/p-2. The van der Waals surface area contributed by atoms with Gasteiger partial charge in [-0.25, -0.2) is 14.3 Å². The minimum atomic E-state index is -5.44. The largest absolute Gasteiger partial charge is 1.00 e. The van der Waals surface area contributed by atoms with Gasteiger partial charge in [-0.2, -0.15) is 9.78 Å². The molecule has 22 heteroatoms. The molecule has 2 unspecified atom stereocenters. The van der Waals surface area contributed by atoms with Crippen LogP contribution >= 0.6 is 38.8 Å². The molecule has 2 aromatic rings. The van der Waals surface area contributed by atoms with Crippen LogP contribution in [0.2, 0.25) is 10.0 Å². The molecular weight excluding hydrogens is 893 g/mol. The molecule has 14 nitrogen and oxygen atoms in total. The van der Waals surface area contributed by atoms with E-state index in [2.05, 4.69) is 0 Å². The van der Waals surface area contributed by atoms with Gasteiger partial charge >= 0.3 is 126 Å². The maximum absolute atomic E-state index is 11.9. The molecule has 2 N–H and O–H groups in total. The Morgan fingerprint density at radius 2 is 0.949 bits per heavy atom. The van der Waals surface area contributed by atoms with Crippen LogP contribution in [0.25, 0.3) is 0 Å². The van der Waals surface area contributed by atoms with Crippen LogP contribution in [0.1, 0.15) is 81.8 Å². The summed E-state index contributed by atoms with van der Waals surface area (Å²) < 4.78 is 46.9. The van der Waals surface area contributed by atoms with E-state index in [0.717, 1.165) is 51.4 Å². The van der Waals surface area contributed by atoms with E-state index in [1.54, 1.807) is 12.1 Å². The van der Waals surface area contributed by atoms with Crippen molar-refractivity contribution < 1.29 is 185 Å². The molecule has 8 aliphatic carbocycles. The Balaban J connectivity index is 0.00000146. The second-order valence-electron chi connectivity index (χ2n) is 17.2. The first kappa shape index (κ1) is 51.1. The number of phosphoric ester groups is 2. The average Bonchev–Trinajstić information content (AvgIpc) is 3.07. The van der Waals surface area contributed by atoms with E-state index in [4.69, 9.17) is 61.3 Å². The monoisotopic (exact) mass is 934 g/mol. The smallest absolute Gasteiger partial charge is 0.780 e. The zero-order valence-corrected chi connectivity index (χ0v) is 45.0. The van der Waals surface area contributed by atoms with Gasteiger partial charge in [0.25, 0.3) is 11.6 Å². The summed E-state index contributed by atoms with van der Waals surface area (Å²) in [5.41, 5.74) is -0.769. The van der Waals surface area contributed by atoms with Crippen LogP contribution in [-0.2, 0) is 49.7 Å². The van der Waals surface area contributed by atoms with Crippen LogP contribution in [0.5, 0.6) is 11.5 Å². The van der Waals surface area contributed by atoms with Gasteiger partial charge in [0.15, 0.2) is 17.0 Å². The van der Waals surface area contributed by atoms with E-state index >= 15 is 0 Å². The summed E-state index contributed by atoms with van der Waals surface area (Å²) in [5.74, 6) is -0.418. The van der Waals surface area contributed by atoms with E-state index < -0.39 is 38.4 Å². The molecule has 8 saturated carbocycles. The zero-order chi connectivity index (χ0) is 38.2. The molecule has 2 atom stereocenters. The van der Waals surface area contributed by atoms with Gasteiger partial charge < -0.3 is 32.9 Å². The first-order chi connectivity index (χ1) is 26.1. The van der Waals surface area contributed by atoms with Crippen LogP contribution in [0.3, 0.4) is 0 Å². The summed E-state index contributed by atoms with van der Waals surface area (Å²) in [6, 6.07) is 9.21. The third-order valence-electron chi connectivity index (χ3n) is 14.3. The van der Waals surface area contributed by atoms with Crippen LogP contribution < -0.4 is 137 Å². The normalized spacial score (nSPS) is 39.3. The van der Waals surface area contributed by atoms with E-state index in [1.165, 1.54) is 37.1 Å². The summed E-state index contributed by atoms with van der Waals surface area (Å²) in [6.45, 7) is 0.242. The first-order valence-corrected chi connectivity index (χ1v) is 23.0. The molecule has 0 aromatic heterocycles. The second-order valence-corrected chi connectivity index (χ2v) is 20.3. The molecular formula is C37H42Cl2Na4O14P2+2. The Morgan fingerprint density at radius 3 is 1.25 bits per heavy atom. The van der Waals surface area contributed by atoms with Crippen molar-refractivity contribution >= 4 is 38.8 Å². The first-order valence-electron chi connectivity index (χ1n) is 19.2. The average molecular weight is 936 g/mol. The van der Waals surface area contributed by atoms with Crippen LogP contribution in [0, 0.1) is 47.3 Å². The quantitative estimate of drug-likeness (QED) is 0.0886. The maximum Gasteiger partial charge on any atom is 1.00 e. The van der Waals surface area contributed by atoms with Gasteiger partial charge in [0.05, 0.1) is 23.3 Å². The molecule has 0 amide bonds. The van der Waals surface area contributed by atoms with Crippen molar-refractivity contribution in [3.05, 3.63) is 57.6 Å². The van der Waals surface area contributed by atoms with Crippen molar-refractivity contribution in [3.63, 3.8) is 0 Å². The Hall–Kier alpha value is 2.68. The van der Waals surface area contributed by atoms with Crippen molar-refractivity contribution in [1.82, 2.24) is 0 Å². The van der Waals surface area contributed by atoms with Crippen molar-refractivity contribution in [1.29, 1.82) is 0 Å². The molecule has 300 valence electrons. The van der Waals surface area contributed by atoms with Crippen LogP contribution in [-0.4, -0.2) is 34.2 Å². The van der Waals surface area contributed by atoms with Crippen molar-refractivity contribution in [2.75, 3.05) is 13.2 Å². The van der Waals surface area contributed by atoms with Crippen LogP contribution in [0.4, 0.5) is 0 Å². The SMILES string of the molecule is O=P([O-])([O-])Oc1cc(C2(OCCCOC3(c4ccc(Cl)c(OP(=O)(O)O)c4)OOC34C3CC5CC(C3)CC4C5)OOC23C2CC4CC(C2)CC3C4)ccc1Cl.[Na+].[Na+].[Na+].[Na+]. The number of halogens is 2. The van der Waals surface area contributed by atoms with E-state index in [9.17, 15) is 28.7 Å². The Morgan fingerprint density at radius 1 is 0.593 bits per heavy atom. The fourth-order valence-electron chi connectivity index (χ4n) is 12.8. The van der Waals surface area contributed by atoms with Crippen LogP contribution in [0.15, 0.2) is 36.4 Å². The predicted octanol–water partition coefficient (Wildman–Crippen LogP) is -5.57. The topological polar surface area (TPSA) is 195 Å². The van der Waals surface area contributed by atoms with E-state index in [1.807, 2.05) is 0 Å². The summed E-state index contributed by atoms with van der Waals surface area (Å²) in [5, 5.41) is -0.0346. The van der Waals surface area contributed by atoms with Gasteiger partial charge in [-0.1, -0.05) is 35.3 Å². The number of phosphoric acid groups is 2. The fraction of sp³-hybridized carbons (Fsp3) is 0.676. The number of benzene rings is 2. The van der Waals surface area contributed by atoms with Gasteiger partial charge in [-0.3, -0.25) is 9.79 Å². The molecule has 10 fully saturated rings. The summed E-state index contributed by atoms with van der Waals surface area (Å²) in [7, 11) is -10.4. The molecule has 10 aliphatic rings. The van der Waals surface area contributed by atoms with E-state index in [-0.39, 0.29) is 177 Å². The Labute approximate surface area is 441 Å². The van der Waals surface area contributed by atoms with Gasteiger partial charge in [0.2, 0.25) is 0 Å². The summed E-state index contributed by atoms with van der Waals surface area (Å²) in [6.07, 6.45) is 10.5. The van der Waals surface area contributed by atoms with Crippen molar-refractivity contribution in [2.45, 2.75) is 93.4 Å². The molecule has 2 heterocycles. The molecule has 2 aromatic carbocycles. The van der Waals surface area contributed by atoms with E-state index in [0.29, 0.717) is 41.2 Å². The number of ether oxygens (including phenoxy) is 2. The minimum absolute atomic E-state index is 0. The molecule has 0 radical (unpaired) electrons. The van der Waals surface area contributed by atoms with Gasteiger partial charge in [0, 0.05) is 11.1 Å². The molecule has 12 rings (SSSR count). The minimum Gasteiger partial charge on any atom is -0.780 e. The molecule has 59 heavy (non-hydrogen) atoms. The molecule has 2 spiro atoms. The van der Waals surface area contributed by atoms with Crippen molar-refractivity contribution in [3.8, 4) is 11.5 Å². The Bertz CT molecular complexity index is 1800. The summed E-state index contributed by atoms with van der Waals surface area (Å²) in [4.78, 5) is 67.1. The molecule has 2 aliphatic heterocycles. The Kier molecular flexibility index (Phi) is 16.1. The molecule has 8 bridgehead atoms. The summed E-state index contributed by atoms with van der Waals surface area (Å²) >= 11 is 12.6.